The van der Waals surface area contributed by atoms with Crippen molar-refractivity contribution in [2.75, 3.05) is 11.5 Å². The molecular weight excluding hydrogens is 341 g/mol. The van der Waals surface area contributed by atoms with Gasteiger partial charge in [0.05, 0.1) is 26.6 Å². The maximum absolute atomic E-state index is 11.6. The minimum absolute atomic E-state index is 0.115. The Bertz CT molecular complexity index is 633. The highest BCUT2D eigenvalue weighted by molar-refractivity contribution is 7.91. The van der Waals surface area contributed by atoms with Crippen molar-refractivity contribution in [3.63, 3.8) is 0 Å². The Morgan fingerprint density at radius 3 is 2.45 bits per heavy atom. The van der Waals surface area contributed by atoms with Crippen LogP contribution in [-0.2, 0) is 9.84 Å². The van der Waals surface area contributed by atoms with Crippen molar-refractivity contribution in [1.29, 1.82) is 0 Å². The fraction of sp³-hybridized carbons (Fsp3) is 0.538. The molecule has 0 aromatic heterocycles. The minimum Gasteiger partial charge on any atom is -0.304 e. The van der Waals surface area contributed by atoms with E-state index >= 15 is 0 Å². The lowest BCUT2D eigenvalue weighted by Gasteiger charge is -2.29. The van der Waals surface area contributed by atoms with E-state index in [1.807, 2.05) is 13.8 Å². The molecule has 20 heavy (non-hydrogen) atoms. The molecule has 1 aliphatic rings. The van der Waals surface area contributed by atoms with Crippen LogP contribution in [0.2, 0.25) is 15.1 Å². The molecule has 0 aliphatic carbocycles. The quantitative estimate of drug-likeness (QED) is 0.836. The molecule has 0 radical (unpaired) electrons. The first-order valence-electron chi connectivity index (χ1n) is 6.25. The van der Waals surface area contributed by atoms with Gasteiger partial charge >= 0.3 is 0 Å². The van der Waals surface area contributed by atoms with Gasteiger partial charge in [-0.3, -0.25) is 0 Å². The molecule has 1 aromatic carbocycles. The molecule has 0 saturated carbocycles. The van der Waals surface area contributed by atoms with Crippen molar-refractivity contribution < 1.29 is 8.42 Å². The topological polar surface area (TPSA) is 46.2 Å². The van der Waals surface area contributed by atoms with E-state index in [0.717, 1.165) is 5.56 Å². The van der Waals surface area contributed by atoms with E-state index in [0.29, 0.717) is 21.5 Å². The second kappa shape index (κ2) is 5.65. The summed E-state index contributed by atoms with van der Waals surface area (Å²) in [5.74, 6) is 0.363. The van der Waals surface area contributed by atoms with Gasteiger partial charge in [-0.1, -0.05) is 40.9 Å². The van der Waals surface area contributed by atoms with Gasteiger partial charge in [-0.05, 0) is 31.9 Å². The average Bonchev–Trinajstić information content (AvgIpc) is 2.60. The monoisotopic (exact) mass is 355 g/mol. The number of sulfone groups is 1. The van der Waals surface area contributed by atoms with E-state index in [9.17, 15) is 8.42 Å². The standard InChI is InChI=1S/C13H16Cl3NO2S/c1-8(9-3-4-10(14)12(16)11(9)15)17-13(2)5-6-20(18,19)7-13/h3-4,8,17H,5-7H2,1-2H3. The summed E-state index contributed by atoms with van der Waals surface area (Å²) in [6.45, 7) is 3.85. The van der Waals surface area contributed by atoms with Crippen molar-refractivity contribution in [2.45, 2.75) is 31.8 Å². The summed E-state index contributed by atoms with van der Waals surface area (Å²) < 4.78 is 23.3. The summed E-state index contributed by atoms with van der Waals surface area (Å²) in [6.07, 6.45) is 0.596. The molecule has 1 aliphatic heterocycles. The first-order valence-corrected chi connectivity index (χ1v) is 9.21. The largest absolute Gasteiger partial charge is 0.304 e. The zero-order valence-corrected chi connectivity index (χ0v) is 14.3. The SMILES string of the molecule is CC(NC1(C)CCS(=O)(=O)C1)c1ccc(Cl)c(Cl)c1Cl. The van der Waals surface area contributed by atoms with Crippen LogP contribution in [0.3, 0.4) is 0 Å². The molecule has 2 atom stereocenters. The number of nitrogens with one attached hydrogen (secondary N) is 1. The highest BCUT2D eigenvalue weighted by atomic mass is 35.5. The first kappa shape index (κ1) is 16.4. The number of rotatable bonds is 3. The van der Waals surface area contributed by atoms with Crippen molar-refractivity contribution in [1.82, 2.24) is 5.32 Å². The lowest BCUT2D eigenvalue weighted by molar-refractivity contribution is 0.355. The molecule has 7 heteroatoms. The lowest BCUT2D eigenvalue weighted by Crippen LogP contribution is -2.44. The molecule has 112 valence electrons. The van der Waals surface area contributed by atoms with E-state index in [2.05, 4.69) is 5.32 Å². The van der Waals surface area contributed by atoms with E-state index < -0.39 is 15.4 Å². The Kier molecular flexibility index (Phi) is 4.63. The van der Waals surface area contributed by atoms with Crippen LogP contribution in [0.4, 0.5) is 0 Å². The highest BCUT2D eigenvalue weighted by Crippen LogP contribution is 2.36. The number of hydrogen-bond donors (Lipinski definition) is 1. The summed E-state index contributed by atoms with van der Waals surface area (Å²) in [7, 11) is -2.95. The van der Waals surface area contributed by atoms with E-state index in [-0.39, 0.29) is 17.5 Å². The van der Waals surface area contributed by atoms with Gasteiger partial charge in [-0.2, -0.15) is 0 Å². The van der Waals surface area contributed by atoms with E-state index in [1.165, 1.54) is 0 Å². The molecule has 0 bridgehead atoms. The van der Waals surface area contributed by atoms with Gasteiger partial charge in [-0.15, -0.1) is 0 Å². The summed E-state index contributed by atoms with van der Waals surface area (Å²) in [6, 6.07) is 3.38. The van der Waals surface area contributed by atoms with Gasteiger partial charge < -0.3 is 5.32 Å². The molecule has 1 N–H and O–H groups in total. The van der Waals surface area contributed by atoms with Crippen LogP contribution in [-0.4, -0.2) is 25.5 Å². The van der Waals surface area contributed by atoms with Crippen molar-refractivity contribution in [2.24, 2.45) is 0 Å². The Hall–Kier alpha value is -0.000000000000000167. The predicted octanol–water partition coefficient (Wildman–Crippen LogP) is 3.87. The molecule has 1 aromatic rings. The second-order valence-electron chi connectivity index (χ2n) is 5.53. The third kappa shape index (κ3) is 3.42. The van der Waals surface area contributed by atoms with Crippen molar-refractivity contribution in [3.8, 4) is 0 Å². The minimum atomic E-state index is -2.95. The van der Waals surface area contributed by atoms with E-state index in [1.54, 1.807) is 12.1 Å². The Balaban J connectivity index is 2.21. The molecule has 3 nitrogen and oxygen atoms in total. The van der Waals surface area contributed by atoms with Crippen LogP contribution in [0, 0.1) is 0 Å². The third-order valence-electron chi connectivity index (χ3n) is 3.60. The normalized spacial score (nSPS) is 26.6. The molecule has 1 fully saturated rings. The molecule has 0 amide bonds. The Morgan fingerprint density at radius 2 is 1.90 bits per heavy atom. The van der Waals surface area contributed by atoms with Gasteiger partial charge in [-0.25, -0.2) is 8.42 Å². The molecule has 2 unspecified atom stereocenters. The van der Waals surface area contributed by atoms with E-state index in [4.69, 9.17) is 34.8 Å². The fourth-order valence-electron chi connectivity index (χ4n) is 2.60. The third-order valence-corrected chi connectivity index (χ3v) is 6.81. The summed E-state index contributed by atoms with van der Waals surface area (Å²) >= 11 is 18.2. The van der Waals surface area contributed by atoms with Gasteiger partial charge in [0.1, 0.15) is 0 Å². The lowest BCUT2D eigenvalue weighted by atomic mass is 9.98. The smallest absolute Gasteiger partial charge is 0.152 e. The number of benzene rings is 1. The van der Waals surface area contributed by atoms with Crippen LogP contribution in [0.25, 0.3) is 0 Å². The Morgan fingerprint density at radius 1 is 1.25 bits per heavy atom. The van der Waals surface area contributed by atoms with Crippen LogP contribution in [0.5, 0.6) is 0 Å². The fourth-order valence-corrected chi connectivity index (χ4v) is 5.41. The van der Waals surface area contributed by atoms with Gasteiger partial charge in [0.15, 0.2) is 9.84 Å². The number of halogens is 3. The average molecular weight is 357 g/mol. The van der Waals surface area contributed by atoms with Gasteiger partial charge in [0.2, 0.25) is 0 Å². The van der Waals surface area contributed by atoms with Crippen molar-refractivity contribution in [3.05, 3.63) is 32.8 Å². The van der Waals surface area contributed by atoms with Crippen LogP contribution < -0.4 is 5.32 Å². The molecule has 1 saturated heterocycles. The maximum atomic E-state index is 11.6. The van der Waals surface area contributed by atoms with Crippen LogP contribution in [0.1, 0.15) is 31.9 Å². The Labute approximate surface area is 134 Å². The van der Waals surface area contributed by atoms with Crippen molar-refractivity contribution >= 4 is 44.6 Å². The zero-order chi connectivity index (χ0) is 15.1. The van der Waals surface area contributed by atoms with Gasteiger partial charge in [0.25, 0.3) is 0 Å². The summed E-state index contributed by atoms with van der Waals surface area (Å²) in [5.41, 5.74) is 0.375. The molecular formula is C13H16Cl3NO2S. The van der Waals surface area contributed by atoms with Gasteiger partial charge in [0, 0.05) is 11.6 Å². The molecule has 1 heterocycles. The molecule has 0 spiro atoms. The first-order chi connectivity index (χ1) is 9.14. The van der Waals surface area contributed by atoms with Crippen LogP contribution >= 0.6 is 34.8 Å². The predicted molar refractivity (Wildman–Crippen MR) is 84.7 cm³/mol. The number of hydrogen-bond acceptors (Lipinski definition) is 3. The summed E-state index contributed by atoms with van der Waals surface area (Å²) in [5, 5.41) is 4.48. The highest BCUT2D eigenvalue weighted by Gasteiger charge is 2.39. The zero-order valence-electron chi connectivity index (χ0n) is 11.2. The summed E-state index contributed by atoms with van der Waals surface area (Å²) in [4.78, 5) is 0. The van der Waals surface area contributed by atoms with Crippen LogP contribution in [0.15, 0.2) is 12.1 Å². The molecule has 2 rings (SSSR count). The second-order valence-corrected chi connectivity index (χ2v) is 8.88. The maximum Gasteiger partial charge on any atom is 0.152 e.